The SMILES string of the molecule is FC(F)(F)c1cccn2cc(-c3ccsc3)nc12. The number of hydrogen-bond acceptors (Lipinski definition) is 2. The first kappa shape index (κ1) is 11.3. The molecule has 0 bridgehead atoms. The summed E-state index contributed by atoms with van der Waals surface area (Å²) < 4.78 is 39.9. The van der Waals surface area contributed by atoms with Gasteiger partial charge in [0, 0.05) is 23.3 Å². The first-order valence-electron chi connectivity index (χ1n) is 5.13. The van der Waals surface area contributed by atoms with Crippen molar-refractivity contribution in [1.82, 2.24) is 9.38 Å². The molecule has 6 heteroatoms. The number of halogens is 3. The number of imidazole rings is 1. The Labute approximate surface area is 104 Å². The number of alkyl halides is 3. The smallest absolute Gasteiger partial charge is 0.306 e. The summed E-state index contributed by atoms with van der Waals surface area (Å²) in [4.78, 5) is 4.07. The molecule has 3 rings (SSSR count). The molecule has 0 aromatic carbocycles. The van der Waals surface area contributed by atoms with Gasteiger partial charge in [0.2, 0.25) is 0 Å². The molecule has 0 radical (unpaired) electrons. The van der Waals surface area contributed by atoms with E-state index in [4.69, 9.17) is 0 Å². The van der Waals surface area contributed by atoms with Gasteiger partial charge in [-0.1, -0.05) is 0 Å². The van der Waals surface area contributed by atoms with E-state index in [1.165, 1.54) is 21.8 Å². The van der Waals surface area contributed by atoms with Gasteiger partial charge in [-0.25, -0.2) is 4.98 Å². The molecule has 0 aliphatic rings. The van der Waals surface area contributed by atoms with Gasteiger partial charge in [0.05, 0.1) is 11.3 Å². The van der Waals surface area contributed by atoms with E-state index >= 15 is 0 Å². The van der Waals surface area contributed by atoms with Crippen LogP contribution >= 0.6 is 11.3 Å². The zero-order valence-corrected chi connectivity index (χ0v) is 9.79. The molecule has 0 aliphatic heterocycles. The van der Waals surface area contributed by atoms with Gasteiger partial charge in [0.1, 0.15) is 5.65 Å². The zero-order chi connectivity index (χ0) is 12.8. The molecule has 3 aromatic rings. The highest BCUT2D eigenvalue weighted by molar-refractivity contribution is 7.08. The average molecular weight is 268 g/mol. The summed E-state index contributed by atoms with van der Waals surface area (Å²) in [7, 11) is 0. The van der Waals surface area contributed by atoms with E-state index in [-0.39, 0.29) is 5.65 Å². The van der Waals surface area contributed by atoms with Crippen LogP contribution in [0.3, 0.4) is 0 Å². The third kappa shape index (κ3) is 1.78. The van der Waals surface area contributed by atoms with Gasteiger partial charge in [0.15, 0.2) is 0 Å². The summed E-state index contributed by atoms with van der Waals surface area (Å²) in [6.07, 6.45) is -1.22. The minimum Gasteiger partial charge on any atom is -0.306 e. The van der Waals surface area contributed by atoms with Gasteiger partial charge in [-0.2, -0.15) is 24.5 Å². The number of aromatic nitrogens is 2. The van der Waals surface area contributed by atoms with E-state index in [1.807, 2.05) is 16.8 Å². The largest absolute Gasteiger partial charge is 0.419 e. The van der Waals surface area contributed by atoms with Crippen molar-refractivity contribution < 1.29 is 13.2 Å². The zero-order valence-electron chi connectivity index (χ0n) is 8.98. The van der Waals surface area contributed by atoms with Gasteiger partial charge in [0.25, 0.3) is 0 Å². The predicted octanol–water partition coefficient (Wildman–Crippen LogP) is 4.08. The standard InChI is InChI=1S/C12H7F3N2S/c13-12(14,15)9-2-1-4-17-6-10(16-11(9)17)8-3-5-18-7-8/h1-7H. The Balaban J connectivity index is 2.24. The Hall–Kier alpha value is -1.82. The highest BCUT2D eigenvalue weighted by Gasteiger charge is 2.33. The predicted molar refractivity (Wildman–Crippen MR) is 63.5 cm³/mol. The number of nitrogens with zero attached hydrogens (tertiary/aromatic N) is 2. The highest BCUT2D eigenvalue weighted by Crippen LogP contribution is 2.33. The van der Waals surface area contributed by atoms with Crippen LogP contribution in [-0.4, -0.2) is 9.38 Å². The van der Waals surface area contributed by atoms with Crippen molar-refractivity contribution in [3.63, 3.8) is 0 Å². The quantitative estimate of drug-likeness (QED) is 0.650. The molecule has 3 heterocycles. The topological polar surface area (TPSA) is 17.3 Å². The average Bonchev–Trinajstić information content (AvgIpc) is 2.95. The molecule has 3 aromatic heterocycles. The lowest BCUT2D eigenvalue weighted by molar-refractivity contribution is -0.136. The summed E-state index contributed by atoms with van der Waals surface area (Å²) in [5.41, 5.74) is 0.599. The lowest BCUT2D eigenvalue weighted by Gasteiger charge is -2.06. The second kappa shape index (κ2) is 3.84. The van der Waals surface area contributed by atoms with E-state index in [9.17, 15) is 13.2 Å². The molecule has 0 spiro atoms. The number of thiophene rings is 1. The molecule has 0 N–H and O–H groups in total. The van der Waals surface area contributed by atoms with Gasteiger partial charge >= 0.3 is 6.18 Å². The van der Waals surface area contributed by atoms with Gasteiger partial charge < -0.3 is 4.40 Å². The highest BCUT2D eigenvalue weighted by atomic mass is 32.1. The molecule has 2 nitrogen and oxygen atoms in total. The summed E-state index contributed by atoms with van der Waals surface area (Å²) >= 11 is 1.48. The van der Waals surface area contributed by atoms with Crippen molar-refractivity contribution in [3.05, 3.63) is 46.9 Å². The minimum absolute atomic E-state index is 0.0637. The second-order valence-electron chi connectivity index (χ2n) is 3.79. The van der Waals surface area contributed by atoms with Crippen LogP contribution in [0.1, 0.15) is 5.56 Å². The molecule has 0 saturated heterocycles. The van der Waals surface area contributed by atoms with Crippen LogP contribution in [0, 0.1) is 0 Å². The Bertz CT molecular complexity index is 683. The van der Waals surface area contributed by atoms with Crippen molar-refractivity contribution in [2.45, 2.75) is 6.18 Å². The molecular weight excluding hydrogens is 261 g/mol. The van der Waals surface area contributed by atoms with E-state index in [1.54, 1.807) is 12.4 Å². The molecule has 92 valence electrons. The fraction of sp³-hybridized carbons (Fsp3) is 0.0833. The molecule has 18 heavy (non-hydrogen) atoms. The Morgan fingerprint density at radius 2 is 2.06 bits per heavy atom. The maximum Gasteiger partial charge on any atom is 0.419 e. The summed E-state index contributed by atoms with van der Waals surface area (Å²) in [5.74, 6) is 0. The lowest BCUT2D eigenvalue weighted by atomic mass is 10.2. The van der Waals surface area contributed by atoms with Crippen LogP contribution in [0.15, 0.2) is 41.4 Å². The third-order valence-corrected chi connectivity index (χ3v) is 3.29. The van der Waals surface area contributed by atoms with Crippen LogP contribution in [-0.2, 0) is 6.18 Å². The summed E-state index contributed by atoms with van der Waals surface area (Å²) in [6.45, 7) is 0. The monoisotopic (exact) mass is 268 g/mol. The molecule has 0 saturated carbocycles. The molecule has 0 unspecified atom stereocenters. The lowest BCUT2D eigenvalue weighted by Crippen LogP contribution is -2.07. The van der Waals surface area contributed by atoms with Crippen LogP contribution in [0.4, 0.5) is 13.2 Å². The normalized spacial score (nSPS) is 12.2. The molecule has 0 aliphatic carbocycles. The van der Waals surface area contributed by atoms with E-state index in [2.05, 4.69) is 4.98 Å². The molecule has 0 amide bonds. The number of pyridine rings is 1. The van der Waals surface area contributed by atoms with E-state index in [0.29, 0.717) is 5.69 Å². The van der Waals surface area contributed by atoms with Crippen molar-refractivity contribution in [1.29, 1.82) is 0 Å². The van der Waals surface area contributed by atoms with Crippen molar-refractivity contribution in [2.75, 3.05) is 0 Å². The van der Waals surface area contributed by atoms with Crippen LogP contribution in [0.25, 0.3) is 16.9 Å². The first-order chi connectivity index (χ1) is 8.55. The number of hydrogen-bond donors (Lipinski definition) is 0. The van der Waals surface area contributed by atoms with E-state index < -0.39 is 11.7 Å². The second-order valence-corrected chi connectivity index (χ2v) is 4.57. The fourth-order valence-electron chi connectivity index (χ4n) is 1.78. The van der Waals surface area contributed by atoms with Crippen molar-refractivity contribution in [3.8, 4) is 11.3 Å². The Kier molecular flexibility index (Phi) is 2.41. The van der Waals surface area contributed by atoms with Gasteiger partial charge in [-0.3, -0.25) is 0 Å². The Morgan fingerprint density at radius 1 is 1.22 bits per heavy atom. The van der Waals surface area contributed by atoms with Crippen LogP contribution in [0.5, 0.6) is 0 Å². The summed E-state index contributed by atoms with van der Waals surface area (Å²) in [6, 6.07) is 4.24. The maximum atomic E-state index is 12.8. The molecule has 0 atom stereocenters. The molecular formula is C12H7F3N2S. The van der Waals surface area contributed by atoms with Gasteiger partial charge in [-0.05, 0) is 23.6 Å². The minimum atomic E-state index is -4.39. The van der Waals surface area contributed by atoms with Crippen molar-refractivity contribution >= 4 is 17.0 Å². The summed E-state index contributed by atoms with van der Waals surface area (Å²) in [5, 5.41) is 3.72. The van der Waals surface area contributed by atoms with Crippen LogP contribution < -0.4 is 0 Å². The number of fused-ring (bicyclic) bond motifs is 1. The van der Waals surface area contributed by atoms with Crippen LogP contribution in [0.2, 0.25) is 0 Å². The fourth-order valence-corrected chi connectivity index (χ4v) is 2.43. The first-order valence-corrected chi connectivity index (χ1v) is 6.07. The van der Waals surface area contributed by atoms with E-state index in [0.717, 1.165) is 11.6 Å². The maximum absolute atomic E-state index is 12.8. The molecule has 0 fully saturated rings. The third-order valence-electron chi connectivity index (χ3n) is 2.61. The van der Waals surface area contributed by atoms with Crippen molar-refractivity contribution in [2.24, 2.45) is 0 Å². The number of rotatable bonds is 1. The Morgan fingerprint density at radius 3 is 2.72 bits per heavy atom. The van der Waals surface area contributed by atoms with Gasteiger partial charge in [-0.15, -0.1) is 0 Å².